The van der Waals surface area contributed by atoms with E-state index < -0.39 is 0 Å². The predicted molar refractivity (Wildman–Crippen MR) is 76.9 cm³/mol. The van der Waals surface area contributed by atoms with E-state index in [0.717, 1.165) is 28.5 Å². The zero-order valence-electron chi connectivity index (χ0n) is 10.5. The number of nitrogens with two attached hydrogens (primary N) is 1. The van der Waals surface area contributed by atoms with Crippen LogP contribution in [0.5, 0.6) is 0 Å². The molecule has 0 radical (unpaired) electrons. The molecule has 0 unspecified atom stereocenters. The number of hydrogen-bond acceptors (Lipinski definition) is 3. The van der Waals surface area contributed by atoms with Crippen LogP contribution in [0.4, 0.5) is 11.5 Å². The van der Waals surface area contributed by atoms with Crippen LogP contribution in [0.2, 0.25) is 5.02 Å². The normalized spacial score (nSPS) is 10.4. The zero-order chi connectivity index (χ0) is 13.1. The first kappa shape index (κ1) is 12.7. The van der Waals surface area contributed by atoms with Crippen LogP contribution in [0.3, 0.4) is 0 Å². The maximum atomic E-state index is 5.98. The fourth-order valence-corrected chi connectivity index (χ4v) is 2.10. The lowest BCUT2D eigenvalue weighted by Gasteiger charge is -2.20. The number of halogens is 1. The molecule has 0 aliphatic heterocycles. The second kappa shape index (κ2) is 5.27. The van der Waals surface area contributed by atoms with Crippen molar-refractivity contribution in [1.82, 2.24) is 4.98 Å². The van der Waals surface area contributed by atoms with Gasteiger partial charge in [0.15, 0.2) is 5.82 Å². The number of rotatable bonds is 3. The van der Waals surface area contributed by atoms with E-state index in [1.54, 1.807) is 0 Å². The van der Waals surface area contributed by atoms with Crippen molar-refractivity contribution >= 4 is 23.1 Å². The lowest BCUT2D eigenvalue weighted by atomic mass is 10.2. The molecule has 0 aliphatic carbocycles. The van der Waals surface area contributed by atoms with Gasteiger partial charge in [-0.1, -0.05) is 23.7 Å². The third kappa shape index (κ3) is 2.93. The summed E-state index contributed by atoms with van der Waals surface area (Å²) in [6.45, 7) is 2.70. The molecule has 2 rings (SSSR count). The van der Waals surface area contributed by atoms with Crippen LogP contribution in [0, 0.1) is 6.92 Å². The van der Waals surface area contributed by atoms with Gasteiger partial charge in [-0.3, -0.25) is 0 Å². The lowest BCUT2D eigenvalue weighted by Crippen LogP contribution is -2.19. The molecule has 1 aromatic heterocycles. The summed E-state index contributed by atoms with van der Waals surface area (Å²) >= 11 is 5.97. The third-order valence-electron chi connectivity index (χ3n) is 2.70. The molecule has 4 heteroatoms. The predicted octanol–water partition coefficient (Wildman–Crippen LogP) is 3.26. The number of benzene rings is 1. The maximum Gasteiger partial charge on any atom is 0.151 e. The summed E-state index contributed by atoms with van der Waals surface area (Å²) in [5.41, 5.74) is 8.86. The van der Waals surface area contributed by atoms with Crippen molar-refractivity contribution in [2.75, 3.05) is 17.7 Å². The van der Waals surface area contributed by atoms with Crippen LogP contribution in [0.25, 0.3) is 0 Å². The van der Waals surface area contributed by atoms with E-state index in [1.807, 2.05) is 55.4 Å². The van der Waals surface area contributed by atoms with Crippen molar-refractivity contribution in [1.29, 1.82) is 0 Å². The first-order chi connectivity index (χ1) is 8.56. The summed E-state index contributed by atoms with van der Waals surface area (Å²) in [7, 11) is 1.97. The summed E-state index contributed by atoms with van der Waals surface area (Å²) < 4.78 is 0. The van der Waals surface area contributed by atoms with E-state index in [1.165, 1.54) is 0 Å². The van der Waals surface area contributed by atoms with Gasteiger partial charge in [-0.15, -0.1) is 0 Å². The molecule has 2 aromatic rings. The minimum Gasteiger partial charge on any atom is -0.396 e. The number of hydrogen-bond donors (Lipinski definition) is 1. The van der Waals surface area contributed by atoms with Gasteiger partial charge in [0, 0.05) is 24.8 Å². The molecule has 18 heavy (non-hydrogen) atoms. The molecule has 94 valence electrons. The Morgan fingerprint density at radius 2 is 2.11 bits per heavy atom. The molecule has 0 amide bonds. The van der Waals surface area contributed by atoms with E-state index in [0.29, 0.717) is 5.69 Å². The van der Waals surface area contributed by atoms with Gasteiger partial charge in [-0.05, 0) is 36.2 Å². The standard InChI is InChI=1S/C14H16ClN3/c1-10-6-13(16)14(17-8-10)18(2)9-11-4-3-5-12(15)7-11/h3-8H,9,16H2,1-2H3. The largest absolute Gasteiger partial charge is 0.396 e. The Morgan fingerprint density at radius 1 is 1.33 bits per heavy atom. The van der Waals surface area contributed by atoms with E-state index >= 15 is 0 Å². The van der Waals surface area contributed by atoms with Gasteiger partial charge in [-0.25, -0.2) is 4.98 Å². The van der Waals surface area contributed by atoms with Gasteiger partial charge in [-0.2, -0.15) is 0 Å². The molecule has 0 saturated carbocycles. The van der Waals surface area contributed by atoms with Crippen molar-refractivity contribution in [2.45, 2.75) is 13.5 Å². The van der Waals surface area contributed by atoms with Gasteiger partial charge in [0.1, 0.15) is 0 Å². The summed E-state index contributed by atoms with van der Waals surface area (Å²) in [6, 6.07) is 9.72. The highest BCUT2D eigenvalue weighted by Crippen LogP contribution is 2.22. The van der Waals surface area contributed by atoms with Gasteiger partial charge in [0.2, 0.25) is 0 Å². The Hall–Kier alpha value is -1.74. The number of aromatic nitrogens is 1. The van der Waals surface area contributed by atoms with E-state index in [2.05, 4.69) is 4.98 Å². The highest BCUT2D eigenvalue weighted by atomic mass is 35.5. The third-order valence-corrected chi connectivity index (χ3v) is 2.94. The van der Waals surface area contributed by atoms with Gasteiger partial charge < -0.3 is 10.6 Å². The number of aryl methyl sites for hydroxylation is 1. The highest BCUT2D eigenvalue weighted by Gasteiger charge is 2.07. The summed E-state index contributed by atoms with van der Waals surface area (Å²) in [5, 5.41) is 0.741. The number of nitrogen functional groups attached to an aromatic ring is 1. The Morgan fingerprint density at radius 3 is 2.78 bits per heavy atom. The van der Waals surface area contributed by atoms with E-state index in [-0.39, 0.29) is 0 Å². The van der Waals surface area contributed by atoms with Gasteiger partial charge in [0.25, 0.3) is 0 Å². The molecule has 3 nitrogen and oxygen atoms in total. The Balaban J connectivity index is 2.19. The van der Waals surface area contributed by atoms with E-state index in [4.69, 9.17) is 17.3 Å². The van der Waals surface area contributed by atoms with Gasteiger partial charge in [0.05, 0.1) is 5.69 Å². The van der Waals surface area contributed by atoms with Crippen LogP contribution >= 0.6 is 11.6 Å². The molecule has 0 bridgehead atoms. The number of pyridine rings is 1. The molecular weight excluding hydrogens is 246 g/mol. The summed E-state index contributed by atoms with van der Waals surface area (Å²) in [5.74, 6) is 0.792. The van der Waals surface area contributed by atoms with Crippen LogP contribution < -0.4 is 10.6 Å². The molecule has 2 N–H and O–H groups in total. The first-order valence-electron chi connectivity index (χ1n) is 5.74. The second-order valence-corrected chi connectivity index (χ2v) is 4.85. The quantitative estimate of drug-likeness (QED) is 0.922. The number of nitrogens with zero attached hydrogens (tertiary/aromatic N) is 2. The Labute approximate surface area is 112 Å². The van der Waals surface area contributed by atoms with E-state index in [9.17, 15) is 0 Å². The molecular formula is C14H16ClN3. The molecule has 1 aromatic carbocycles. The minimum atomic E-state index is 0.694. The average molecular weight is 262 g/mol. The second-order valence-electron chi connectivity index (χ2n) is 4.41. The maximum absolute atomic E-state index is 5.98. The fraction of sp³-hybridized carbons (Fsp3) is 0.214. The molecule has 0 spiro atoms. The molecule has 0 saturated heterocycles. The topological polar surface area (TPSA) is 42.2 Å². The van der Waals surface area contributed by atoms with Crippen LogP contribution in [0.1, 0.15) is 11.1 Å². The van der Waals surface area contributed by atoms with Crippen molar-refractivity contribution in [3.8, 4) is 0 Å². The van der Waals surface area contributed by atoms with Crippen molar-refractivity contribution in [3.05, 3.63) is 52.7 Å². The molecule has 0 aliphatic rings. The summed E-state index contributed by atoms with van der Waals surface area (Å²) in [6.07, 6.45) is 1.82. The Kier molecular flexibility index (Phi) is 3.72. The van der Waals surface area contributed by atoms with Crippen molar-refractivity contribution < 1.29 is 0 Å². The van der Waals surface area contributed by atoms with Gasteiger partial charge >= 0.3 is 0 Å². The molecule has 1 heterocycles. The van der Waals surface area contributed by atoms with Crippen LogP contribution in [0.15, 0.2) is 36.5 Å². The monoisotopic (exact) mass is 261 g/mol. The zero-order valence-corrected chi connectivity index (χ0v) is 11.3. The first-order valence-corrected chi connectivity index (χ1v) is 6.12. The molecule has 0 fully saturated rings. The Bertz CT molecular complexity index is 554. The fourth-order valence-electron chi connectivity index (χ4n) is 1.89. The van der Waals surface area contributed by atoms with Crippen LogP contribution in [-0.2, 0) is 6.54 Å². The highest BCUT2D eigenvalue weighted by molar-refractivity contribution is 6.30. The van der Waals surface area contributed by atoms with Crippen LogP contribution in [-0.4, -0.2) is 12.0 Å². The lowest BCUT2D eigenvalue weighted by molar-refractivity contribution is 0.899. The smallest absolute Gasteiger partial charge is 0.151 e. The SMILES string of the molecule is Cc1cnc(N(C)Cc2cccc(Cl)c2)c(N)c1. The number of anilines is 2. The van der Waals surface area contributed by atoms with Crippen molar-refractivity contribution in [2.24, 2.45) is 0 Å². The summed E-state index contributed by atoms with van der Waals surface area (Å²) in [4.78, 5) is 6.38. The molecule has 0 atom stereocenters. The van der Waals surface area contributed by atoms with Crippen molar-refractivity contribution in [3.63, 3.8) is 0 Å². The minimum absolute atomic E-state index is 0.694. The average Bonchev–Trinajstić information content (AvgIpc) is 2.28.